The molecule has 0 aliphatic heterocycles. The largest absolute Gasteiger partial charge is 0.416 e. The molecule has 2 rings (SSSR count). The number of nitrogens with one attached hydrogen (secondary N) is 1. The average Bonchev–Trinajstić information content (AvgIpc) is 2.25. The Hall–Kier alpha value is -0.830. The van der Waals surface area contributed by atoms with Gasteiger partial charge in [0.05, 0.1) is 11.3 Å². The summed E-state index contributed by atoms with van der Waals surface area (Å²) in [5.74, 6) is -0.686. The first kappa shape index (κ1) is 18.2. The van der Waals surface area contributed by atoms with E-state index in [-0.39, 0.29) is 30.1 Å². The van der Waals surface area contributed by atoms with Crippen molar-refractivity contribution in [3.8, 4) is 0 Å². The van der Waals surface area contributed by atoms with E-state index in [1.807, 2.05) is 0 Å². The lowest BCUT2D eigenvalue weighted by molar-refractivity contribution is -0.138. The van der Waals surface area contributed by atoms with E-state index in [0.717, 1.165) is 6.07 Å². The molecule has 9 heteroatoms. The fraction of sp³-hybridized carbons (Fsp3) is 0.500. The zero-order valence-corrected chi connectivity index (χ0v) is 12.6. The van der Waals surface area contributed by atoms with Gasteiger partial charge in [0, 0.05) is 12.1 Å². The molecule has 0 bridgehead atoms. The number of sulfonamides is 1. The van der Waals surface area contributed by atoms with Crippen LogP contribution in [0.4, 0.5) is 13.2 Å². The van der Waals surface area contributed by atoms with E-state index < -0.39 is 27.5 Å². The maximum atomic E-state index is 12.8. The molecule has 4 nitrogen and oxygen atoms in total. The normalized spacial score (nSPS) is 22.3. The molecule has 0 heterocycles. The van der Waals surface area contributed by atoms with Crippen molar-refractivity contribution in [1.82, 2.24) is 4.72 Å². The Labute approximate surface area is 127 Å². The van der Waals surface area contributed by atoms with Crippen LogP contribution in [0.15, 0.2) is 24.3 Å². The quantitative estimate of drug-likeness (QED) is 0.878. The van der Waals surface area contributed by atoms with E-state index in [1.165, 1.54) is 18.2 Å². The number of hydrogen-bond donors (Lipinski definition) is 2. The van der Waals surface area contributed by atoms with Gasteiger partial charge < -0.3 is 5.73 Å². The summed E-state index contributed by atoms with van der Waals surface area (Å²) in [6.45, 7) is 0. The summed E-state index contributed by atoms with van der Waals surface area (Å²) >= 11 is 0. The predicted octanol–water partition coefficient (Wildman–Crippen LogP) is 2.04. The molecule has 0 aromatic heterocycles. The van der Waals surface area contributed by atoms with Crippen molar-refractivity contribution in [1.29, 1.82) is 0 Å². The molecular weight excluding hydrogens is 329 g/mol. The highest BCUT2D eigenvalue weighted by molar-refractivity contribution is 7.88. The average molecular weight is 345 g/mol. The minimum Gasteiger partial charge on any atom is -0.328 e. The summed E-state index contributed by atoms with van der Waals surface area (Å²) in [5, 5.41) is 0. The first-order chi connectivity index (χ1) is 9.17. The minimum atomic E-state index is -4.56. The molecule has 0 atom stereocenters. The van der Waals surface area contributed by atoms with Crippen LogP contribution < -0.4 is 10.5 Å². The first-order valence-corrected chi connectivity index (χ1v) is 7.73. The molecule has 1 aliphatic rings. The third kappa shape index (κ3) is 4.84. The highest BCUT2D eigenvalue weighted by Gasteiger charge is 2.35. The molecule has 3 N–H and O–H groups in total. The van der Waals surface area contributed by atoms with Crippen LogP contribution in [0, 0.1) is 0 Å². The van der Waals surface area contributed by atoms with Gasteiger partial charge in [-0.2, -0.15) is 13.2 Å². The Bertz CT molecular complexity index is 586. The molecule has 1 fully saturated rings. The lowest BCUT2D eigenvalue weighted by atomic mass is 9.89. The molecule has 21 heavy (non-hydrogen) atoms. The van der Waals surface area contributed by atoms with Crippen LogP contribution in [-0.2, 0) is 22.0 Å². The molecule has 1 aliphatic carbocycles. The fourth-order valence-corrected chi connectivity index (χ4v) is 3.63. The number of hydrogen-bond acceptors (Lipinski definition) is 3. The second-order valence-corrected chi connectivity index (χ2v) is 6.71. The SMILES string of the molecule is Cl.NC1CC(NS(=O)(=O)Cc2ccccc2C(F)(F)F)C1. The van der Waals surface area contributed by atoms with Crippen molar-refractivity contribution in [3.63, 3.8) is 0 Å². The Morgan fingerprint density at radius 1 is 1.24 bits per heavy atom. The van der Waals surface area contributed by atoms with Crippen molar-refractivity contribution in [2.24, 2.45) is 5.73 Å². The van der Waals surface area contributed by atoms with Crippen LogP contribution in [0.2, 0.25) is 0 Å². The van der Waals surface area contributed by atoms with Crippen molar-refractivity contribution in [3.05, 3.63) is 35.4 Å². The van der Waals surface area contributed by atoms with Crippen LogP contribution in [0.1, 0.15) is 24.0 Å². The Morgan fingerprint density at radius 3 is 2.33 bits per heavy atom. The van der Waals surface area contributed by atoms with Crippen molar-refractivity contribution in [2.45, 2.75) is 36.9 Å². The summed E-state index contributed by atoms with van der Waals surface area (Å²) in [6.07, 6.45) is -3.54. The van der Waals surface area contributed by atoms with Gasteiger partial charge in [-0.3, -0.25) is 0 Å². The van der Waals surface area contributed by atoms with Gasteiger partial charge in [-0.15, -0.1) is 12.4 Å². The van der Waals surface area contributed by atoms with E-state index in [0.29, 0.717) is 12.8 Å². The summed E-state index contributed by atoms with van der Waals surface area (Å²) in [5.41, 5.74) is 4.36. The Balaban J connectivity index is 0.00000220. The van der Waals surface area contributed by atoms with Crippen molar-refractivity contribution >= 4 is 22.4 Å². The standard InChI is InChI=1S/C12H15F3N2O2S.ClH/c13-12(14,15)11-4-2-1-3-8(11)7-20(18,19)17-10-5-9(16)6-10;/h1-4,9-10,17H,5-7,16H2;1H. The lowest BCUT2D eigenvalue weighted by Gasteiger charge is -2.32. The summed E-state index contributed by atoms with van der Waals surface area (Å²) in [7, 11) is -3.81. The Morgan fingerprint density at radius 2 is 1.81 bits per heavy atom. The summed E-state index contributed by atoms with van der Waals surface area (Å²) in [4.78, 5) is 0. The molecule has 1 saturated carbocycles. The highest BCUT2D eigenvalue weighted by atomic mass is 35.5. The van der Waals surface area contributed by atoms with Crippen LogP contribution in [0.25, 0.3) is 0 Å². The molecular formula is C12H16ClF3N2O2S. The van der Waals surface area contributed by atoms with Gasteiger partial charge in [-0.25, -0.2) is 13.1 Å². The monoisotopic (exact) mass is 344 g/mol. The van der Waals surface area contributed by atoms with Crippen LogP contribution in [-0.4, -0.2) is 20.5 Å². The maximum absolute atomic E-state index is 12.8. The predicted molar refractivity (Wildman–Crippen MR) is 75.4 cm³/mol. The maximum Gasteiger partial charge on any atom is 0.416 e. The van der Waals surface area contributed by atoms with Gasteiger partial charge in [0.25, 0.3) is 0 Å². The molecule has 0 unspecified atom stereocenters. The topological polar surface area (TPSA) is 72.2 Å². The minimum absolute atomic E-state index is 0. The van der Waals surface area contributed by atoms with E-state index in [9.17, 15) is 21.6 Å². The molecule has 120 valence electrons. The van der Waals surface area contributed by atoms with Gasteiger partial charge in [0.1, 0.15) is 0 Å². The molecule has 1 aromatic carbocycles. The third-order valence-corrected chi connectivity index (χ3v) is 4.57. The third-order valence-electron chi connectivity index (χ3n) is 3.19. The van der Waals surface area contributed by atoms with Crippen molar-refractivity contribution in [2.75, 3.05) is 0 Å². The zero-order valence-electron chi connectivity index (χ0n) is 10.9. The number of nitrogens with two attached hydrogens (primary N) is 1. The van der Waals surface area contributed by atoms with Crippen LogP contribution >= 0.6 is 12.4 Å². The smallest absolute Gasteiger partial charge is 0.328 e. The number of rotatable bonds is 4. The molecule has 1 aromatic rings. The molecule has 0 spiro atoms. The second-order valence-electron chi connectivity index (χ2n) is 4.96. The van der Waals surface area contributed by atoms with E-state index in [1.54, 1.807) is 0 Å². The number of alkyl halides is 3. The van der Waals surface area contributed by atoms with Crippen molar-refractivity contribution < 1.29 is 21.6 Å². The number of halogens is 4. The van der Waals surface area contributed by atoms with Gasteiger partial charge in [-0.1, -0.05) is 18.2 Å². The zero-order chi connectivity index (χ0) is 15.0. The molecule has 0 amide bonds. The summed E-state index contributed by atoms with van der Waals surface area (Å²) < 4.78 is 64.5. The van der Waals surface area contributed by atoms with Gasteiger partial charge >= 0.3 is 6.18 Å². The van der Waals surface area contributed by atoms with Gasteiger partial charge in [-0.05, 0) is 24.5 Å². The van der Waals surface area contributed by atoms with E-state index in [4.69, 9.17) is 5.73 Å². The lowest BCUT2D eigenvalue weighted by Crippen LogP contribution is -2.50. The molecule has 0 radical (unpaired) electrons. The summed E-state index contributed by atoms with van der Waals surface area (Å²) in [6, 6.07) is 4.37. The first-order valence-electron chi connectivity index (χ1n) is 6.08. The van der Waals surface area contributed by atoms with E-state index >= 15 is 0 Å². The van der Waals surface area contributed by atoms with Gasteiger partial charge in [0.2, 0.25) is 10.0 Å². The highest BCUT2D eigenvalue weighted by Crippen LogP contribution is 2.32. The van der Waals surface area contributed by atoms with Crippen LogP contribution in [0.5, 0.6) is 0 Å². The van der Waals surface area contributed by atoms with E-state index in [2.05, 4.69) is 4.72 Å². The second kappa shape index (κ2) is 6.51. The fourth-order valence-electron chi connectivity index (χ4n) is 2.18. The van der Waals surface area contributed by atoms with Crippen LogP contribution in [0.3, 0.4) is 0 Å². The number of benzene rings is 1. The Kier molecular flexibility index (Phi) is 5.65. The van der Waals surface area contributed by atoms with Gasteiger partial charge in [0.15, 0.2) is 0 Å². The molecule has 0 saturated heterocycles.